The summed E-state index contributed by atoms with van der Waals surface area (Å²) in [6, 6.07) is 6.76. The van der Waals surface area contributed by atoms with E-state index in [0.29, 0.717) is 26.0 Å². The van der Waals surface area contributed by atoms with Crippen molar-refractivity contribution in [1.82, 2.24) is 5.06 Å². The molecule has 1 atom stereocenters. The molecule has 0 aliphatic heterocycles. The van der Waals surface area contributed by atoms with Crippen molar-refractivity contribution in [2.45, 2.75) is 19.8 Å². The fourth-order valence-electron chi connectivity index (χ4n) is 1.62. The maximum Gasteiger partial charge on any atom is 0.242 e. The van der Waals surface area contributed by atoms with Crippen LogP contribution in [0.4, 0.5) is 0 Å². The van der Waals surface area contributed by atoms with E-state index in [2.05, 4.69) is 0 Å². The van der Waals surface area contributed by atoms with Crippen LogP contribution in [0, 0.1) is 0 Å². The summed E-state index contributed by atoms with van der Waals surface area (Å²) in [6.07, 6.45) is 1.24. The van der Waals surface area contributed by atoms with E-state index in [1.54, 1.807) is 24.3 Å². The summed E-state index contributed by atoms with van der Waals surface area (Å²) < 4.78 is 10.6. The highest BCUT2D eigenvalue weighted by atomic mass is 31.1. The average molecular weight is 301 g/mol. The number of benzene rings is 1. The molecule has 0 fully saturated rings. The second kappa shape index (κ2) is 8.74. The molecule has 1 aromatic carbocycles. The summed E-state index contributed by atoms with van der Waals surface area (Å²) in [6.45, 7) is 2.03. The smallest absolute Gasteiger partial charge is 0.242 e. The molecule has 0 saturated carbocycles. The van der Waals surface area contributed by atoms with E-state index >= 15 is 0 Å². The number of phenolic OH excluding ortho intramolecular Hbond substituents is 1. The Balaban J connectivity index is 2.33. The molecule has 20 heavy (non-hydrogen) atoms. The van der Waals surface area contributed by atoms with Crippen molar-refractivity contribution in [2.75, 3.05) is 19.3 Å². The minimum atomic E-state index is -2.49. The lowest BCUT2D eigenvalue weighted by atomic mass is 10.1. The maximum atomic E-state index is 11.3. The Labute approximate surface area is 118 Å². The Bertz CT molecular complexity index is 449. The number of hydroxylamine groups is 2. The Morgan fingerprint density at radius 1 is 1.35 bits per heavy atom. The van der Waals surface area contributed by atoms with Crippen LogP contribution in [0.2, 0.25) is 0 Å². The van der Waals surface area contributed by atoms with Crippen LogP contribution in [-0.2, 0) is 20.6 Å². The largest absolute Gasteiger partial charge is 0.508 e. The molecule has 0 spiro atoms. The molecule has 6 nitrogen and oxygen atoms in total. The number of phenols is 1. The van der Waals surface area contributed by atoms with Gasteiger partial charge in [-0.15, -0.1) is 0 Å². The summed E-state index contributed by atoms with van der Waals surface area (Å²) in [5.41, 5.74) is 0.992. The van der Waals surface area contributed by atoms with Gasteiger partial charge in [-0.2, -0.15) is 0 Å². The number of rotatable bonds is 8. The van der Waals surface area contributed by atoms with E-state index in [-0.39, 0.29) is 17.8 Å². The highest BCUT2D eigenvalue weighted by Crippen LogP contribution is 2.14. The Morgan fingerprint density at radius 3 is 2.55 bits per heavy atom. The predicted molar refractivity (Wildman–Crippen MR) is 75.9 cm³/mol. The summed E-state index contributed by atoms with van der Waals surface area (Å²) in [4.78, 5) is 25.4. The van der Waals surface area contributed by atoms with Crippen LogP contribution in [0.25, 0.3) is 0 Å². The van der Waals surface area contributed by atoms with Gasteiger partial charge in [0.05, 0.1) is 6.61 Å². The fraction of sp³-hybridized carbons (Fsp3) is 0.462. The number of carbonyl (C=O) groups is 1. The SMILES string of the molecule is CC(=O)N(CCC[PH](=O)O)OCCc1ccc(O)cc1. The van der Waals surface area contributed by atoms with Gasteiger partial charge in [-0.25, -0.2) is 5.06 Å². The number of nitrogens with zero attached hydrogens (tertiary/aromatic N) is 1. The first kappa shape index (κ1) is 16.7. The fourth-order valence-corrected chi connectivity index (χ4v) is 2.08. The van der Waals surface area contributed by atoms with Crippen LogP contribution >= 0.6 is 8.03 Å². The third-order valence-electron chi connectivity index (χ3n) is 2.68. The van der Waals surface area contributed by atoms with Gasteiger partial charge in [-0.3, -0.25) is 14.2 Å². The standard InChI is InChI=1S/C13H20NO5P/c1-11(15)14(8-2-10-20(17)18)19-9-7-12-3-5-13(16)6-4-12/h3-6,16,20H,2,7-10H2,1H3,(H,17,18). The Morgan fingerprint density at radius 2 is 2.00 bits per heavy atom. The van der Waals surface area contributed by atoms with Crippen molar-refractivity contribution in [1.29, 1.82) is 0 Å². The van der Waals surface area contributed by atoms with Crippen LogP contribution in [0.15, 0.2) is 24.3 Å². The molecule has 0 radical (unpaired) electrons. The topological polar surface area (TPSA) is 87.1 Å². The van der Waals surface area contributed by atoms with Gasteiger partial charge in [0, 0.05) is 19.6 Å². The molecule has 0 aliphatic carbocycles. The highest BCUT2D eigenvalue weighted by molar-refractivity contribution is 7.37. The van der Waals surface area contributed by atoms with Crippen molar-refractivity contribution in [3.05, 3.63) is 29.8 Å². The van der Waals surface area contributed by atoms with Crippen molar-refractivity contribution < 1.29 is 24.2 Å². The average Bonchev–Trinajstić information content (AvgIpc) is 2.38. The van der Waals surface area contributed by atoms with Gasteiger partial charge < -0.3 is 10.00 Å². The van der Waals surface area contributed by atoms with E-state index in [4.69, 9.17) is 14.8 Å². The van der Waals surface area contributed by atoms with Crippen LogP contribution in [0.3, 0.4) is 0 Å². The summed E-state index contributed by atoms with van der Waals surface area (Å²) in [7, 11) is -2.49. The number of hydrogen-bond donors (Lipinski definition) is 2. The van der Waals surface area contributed by atoms with Crippen molar-refractivity contribution in [3.63, 3.8) is 0 Å². The monoisotopic (exact) mass is 301 g/mol. The quantitative estimate of drug-likeness (QED) is 0.562. The number of amides is 1. The number of carbonyl (C=O) groups excluding carboxylic acids is 1. The molecule has 0 aliphatic rings. The van der Waals surface area contributed by atoms with Crippen molar-refractivity contribution in [2.24, 2.45) is 0 Å². The Kier molecular flexibility index (Phi) is 7.30. The van der Waals surface area contributed by atoms with E-state index in [1.165, 1.54) is 12.0 Å². The molecule has 1 aromatic rings. The summed E-state index contributed by atoms with van der Waals surface area (Å²) in [5, 5.41) is 10.4. The lowest BCUT2D eigenvalue weighted by Gasteiger charge is -2.20. The number of aromatic hydroxyl groups is 1. The molecule has 2 N–H and O–H groups in total. The molecule has 1 rings (SSSR count). The van der Waals surface area contributed by atoms with Gasteiger partial charge in [0.15, 0.2) is 8.03 Å². The van der Waals surface area contributed by atoms with Crippen LogP contribution in [-0.4, -0.2) is 40.3 Å². The van der Waals surface area contributed by atoms with Gasteiger partial charge in [-0.05, 0) is 30.5 Å². The van der Waals surface area contributed by atoms with E-state index in [9.17, 15) is 9.36 Å². The lowest BCUT2D eigenvalue weighted by molar-refractivity contribution is -0.183. The number of hydrogen-bond acceptors (Lipinski definition) is 4. The molecule has 0 saturated heterocycles. The molecule has 112 valence electrons. The summed E-state index contributed by atoms with van der Waals surface area (Å²) >= 11 is 0. The second-order valence-corrected chi connectivity index (χ2v) is 5.66. The predicted octanol–water partition coefficient (Wildman–Crippen LogP) is 1.57. The first-order valence-electron chi connectivity index (χ1n) is 6.40. The molecule has 0 aromatic heterocycles. The minimum Gasteiger partial charge on any atom is -0.508 e. The zero-order valence-electron chi connectivity index (χ0n) is 11.4. The van der Waals surface area contributed by atoms with E-state index in [1.807, 2.05) is 0 Å². The zero-order chi connectivity index (χ0) is 15.0. The van der Waals surface area contributed by atoms with Crippen LogP contribution in [0.5, 0.6) is 5.75 Å². The third-order valence-corrected chi connectivity index (χ3v) is 3.46. The van der Waals surface area contributed by atoms with Crippen molar-refractivity contribution in [3.8, 4) is 5.75 Å². The molecule has 0 heterocycles. The van der Waals surface area contributed by atoms with Gasteiger partial charge in [-0.1, -0.05) is 12.1 Å². The van der Waals surface area contributed by atoms with Crippen LogP contribution in [0.1, 0.15) is 18.9 Å². The molecular formula is C13H20NO5P. The zero-order valence-corrected chi connectivity index (χ0v) is 12.4. The van der Waals surface area contributed by atoms with E-state index in [0.717, 1.165) is 5.56 Å². The molecule has 0 bridgehead atoms. The molecule has 7 heteroatoms. The first-order chi connectivity index (χ1) is 9.49. The molecular weight excluding hydrogens is 281 g/mol. The third kappa shape index (κ3) is 6.70. The maximum absolute atomic E-state index is 11.3. The van der Waals surface area contributed by atoms with Crippen molar-refractivity contribution >= 4 is 13.9 Å². The molecule has 1 amide bonds. The normalized spacial score (nSPS) is 12.1. The second-order valence-electron chi connectivity index (χ2n) is 4.37. The van der Waals surface area contributed by atoms with Gasteiger partial charge in [0.1, 0.15) is 5.75 Å². The van der Waals surface area contributed by atoms with E-state index < -0.39 is 8.03 Å². The summed E-state index contributed by atoms with van der Waals surface area (Å²) in [5.74, 6) is -0.0208. The minimum absolute atomic E-state index is 0.190. The van der Waals surface area contributed by atoms with Gasteiger partial charge >= 0.3 is 0 Å². The highest BCUT2D eigenvalue weighted by Gasteiger charge is 2.09. The van der Waals surface area contributed by atoms with Gasteiger partial charge in [0.2, 0.25) is 5.91 Å². The Hall–Kier alpha value is -1.36. The lowest BCUT2D eigenvalue weighted by Crippen LogP contribution is -2.31. The van der Waals surface area contributed by atoms with Gasteiger partial charge in [0.25, 0.3) is 0 Å². The molecule has 1 unspecified atom stereocenters. The van der Waals surface area contributed by atoms with Crippen LogP contribution < -0.4 is 0 Å². The first-order valence-corrected chi connectivity index (χ1v) is 7.96.